The minimum atomic E-state index is 0.0488. The Bertz CT molecular complexity index is 583. The second-order valence-corrected chi connectivity index (χ2v) is 5.03. The fourth-order valence-corrected chi connectivity index (χ4v) is 2.19. The zero-order valence-corrected chi connectivity index (χ0v) is 11.2. The summed E-state index contributed by atoms with van der Waals surface area (Å²) < 4.78 is 5.20. The van der Waals surface area contributed by atoms with Crippen LogP contribution in [0.3, 0.4) is 0 Å². The standard InChI is InChI=1S/C17H17NO2/c19-17(11-10-16-7-4-12-20-16)18(15-8-9-15)13-14-5-2-1-3-6-14/h1-7,10-12,15H,8-9,13H2/b11-10+. The highest BCUT2D eigenvalue weighted by molar-refractivity contribution is 5.91. The molecule has 0 atom stereocenters. The normalized spacial score (nSPS) is 14.6. The van der Waals surface area contributed by atoms with E-state index >= 15 is 0 Å². The van der Waals surface area contributed by atoms with Crippen molar-refractivity contribution in [2.75, 3.05) is 0 Å². The van der Waals surface area contributed by atoms with Gasteiger partial charge in [0.25, 0.3) is 0 Å². The van der Waals surface area contributed by atoms with Crippen molar-refractivity contribution in [1.82, 2.24) is 4.90 Å². The molecule has 1 aromatic carbocycles. The number of rotatable bonds is 5. The summed E-state index contributed by atoms with van der Waals surface area (Å²) in [6.45, 7) is 0.673. The maximum Gasteiger partial charge on any atom is 0.247 e. The van der Waals surface area contributed by atoms with Crippen molar-refractivity contribution in [3.8, 4) is 0 Å². The van der Waals surface area contributed by atoms with Crippen molar-refractivity contribution in [3.63, 3.8) is 0 Å². The molecule has 1 fully saturated rings. The number of amides is 1. The molecule has 3 nitrogen and oxygen atoms in total. The maximum absolute atomic E-state index is 12.3. The summed E-state index contributed by atoms with van der Waals surface area (Å²) in [5.41, 5.74) is 1.17. The third kappa shape index (κ3) is 3.18. The monoisotopic (exact) mass is 267 g/mol. The Labute approximate surface area is 118 Å². The summed E-state index contributed by atoms with van der Waals surface area (Å²) in [7, 11) is 0. The van der Waals surface area contributed by atoms with Crippen LogP contribution in [-0.4, -0.2) is 16.8 Å². The fraction of sp³-hybridized carbons (Fsp3) is 0.235. The molecule has 0 saturated heterocycles. The lowest BCUT2D eigenvalue weighted by atomic mass is 10.2. The topological polar surface area (TPSA) is 33.5 Å². The molecule has 2 aromatic rings. The van der Waals surface area contributed by atoms with Crippen LogP contribution in [0.5, 0.6) is 0 Å². The van der Waals surface area contributed by atoms with Gasteiger partial charge >= 0.3 is 0 Å². The number of hydrogen-bond acceptors (Lipinski definition) is 2. The van der Waals surface area contributed by atoms with Crippen molar-refractivity contribution in [1.29, 1.82) is 0 Å². The van der Waals surface area contributed by atoms with Gasteiger partial charge in [-0.05, 0) is 36.6 Å². The van der Waals surface area contributed by atoms with Crippen LogP contribution in [0.2, 0.25) is 0 Å². The largest absolute Gasteiger partial charge is 0.465 e. The van der Waals surface area contributed by atoms with E-state index in [1.165, 1.54) is 5.56 Å². The first-order chi connectivity index (χ1) is 9.83. The van der Waals surface area contributed by atoms with Crippen molar-refractivity contribution in [3.05, 3.63) is 66.1 Å². The first-order valence-electron chi connectivity index (χ1n) is 6.89. The van der Waals surface area contributed by atoms with Crippen LogP contribution < -0.4 is 0 Å². The van der Waals surface area contributed by atoms with Gasteiger partial charge in [0, 0.05) is 18.7 Å². The Balaban J connectivity index is 1.69. The van der Waals surface area contributed by atoms with E-state index in [4.69, 9.17) is 4.42 Å². The van der Waals surface area contributed by atoms with E-state index in [9.17, 15) is 4.79 Å². The molecular weight excluding hydrogens is 250 g/mol. The minimum absolute atomic E-state index is 0.0488. The molecular formula is C17H17NO2. The van der Waals surface area contributed by atoms with Crippen LogP contribution in [0.25, 0.3) is 6.08 Å². The number of hydrogen-bond donors (Lipinski definition) is 0. The molecule has 3 rings (SSSR count). The molecule has 20 heavy (non-hydrogen) atoms. The average molecular weight is 267 g/mol. The number of nitrogens with zero attached hydrogens (tertiary/aromatic N) is 1. The van der Waals surface area contributed by atoms with Gasteiger partial charge in [0.2, 0.25) is 5.91 Å². The summed E-state index contributed by atoms with van der Waals surface area (Å²) in [5, 5.41) is 0. The van der Waals surface area contributed by atoms with Crippen molar-refractivity contribution >= 4 is 12.0 Å². The predicted octanol–water partition coefficient (Wildman–Crippen LogP) is 3.48. The molecule has 1 heterocycles. The van der Waals surface area contributed by atoms with E-state index in [1.807, 2.05) is 35.2 Å². The quantitative estimate of drug-likeness (QED) is 0.777. The van der Waals surface area contributed by atoms with Gasteiger partial charge in [-0.3, -0.25) is 4.79 Å². The highest BCUT2D eigenvalue weighted by atomic mass is 16.3. The van der Waals surface area contributed by atoms with E-state index in [0.717, 1.165) is 12.8 Å². The average Bonchev–Trinajstić information content (AvgIpc) is 3.19. The maximum atomic E-state index is 12.3. The van der Waals surface area contributed by atoms with Crippen LogP contribution in [0.15, 0.2) is 59.2 Å². The Morgan fingerprint density at radius 1 is 1.20 bits per heavy atom. The van der Waals surface area contributed by atoms with E-state index < -0.39 is 0 Å². The molecule has 0 bridgehead atoms. The van der Waals surface area contributed by atoms with Crippen LogP contribution in [0.4, 0.5) is 0 Å². The summed E-state index contributed by atoms with van der Waals surface area (Å²) >= 11 is 0. The van der Waals surface area contributed by atoms with Gasteiger partial charge < -0.3 is 9.32 Å². The molecule has 0 spiro atoms. The summed E-state index contributed by atoms with van der Waals surface area (Å²) in [6.07, 6.45) is 7.13. The SMILES string of the molecule is O=C(/C=C/c1ccco1)N(Cc1ccccc1)C1CC1. The summed E-state index contributed by atoms with van der Waals surface area (Å²) in [6, 6.07) is 14.1. The van der Waals surface area contributed by atoms with Crippen LogP contribution in [0, 0.1) is 0 Å². The Hall–Kier alpha value is -2.29. The fourth-order valence-electron chi connectivity index (χ4n) is 2.19. The van der Waals surface area contributed by atoms with Gasteiger partial charge in [-0.2, -0.15) is 0 Å². The zero-order chi connectivity index (χ0) is 13.8. The molecule has 0 aliphatic heterocycles. The smallest absolute Gasteiger partial charge is 0.247 e. The van der Waals surface area contributed by atoms with Crippen molar-refractivity contribution < 1.29 is 9.21 Å². The highest BCUT2D eigenvalue weighted by Crippen LogP contribution is 2.28. The van der Waals surface area contributed by atoms with Crippen molar-refractivity contribution in [2.45, 2.75) is 25.4 Å². The molecule has 0 radical (unpaired) electrons. The summed E-state index contributed by atoms with van der Waals surface area (Å²) in [5.74, 6) is 0.751. The molecule has 1 amide bonds. The number of furan rings is 1. The third-order valence-electron chi connectivity index (χ3n) is 3.40. The zero-order valence-electron chi connectivity index (χ0n) is 11.2. The van der Waals surface area contributed by atoms with Gasteiger partial charge in [0.1, 0.15) is 5.76 Å². The molecule has 102 valence electrons. The number of carbonyl (C=O) groups is 1. The van der Waals surface area contributed by atoms with E-state index in [0.29, 0.717) is 18.3 Å². The van der Waals surface area contributed by atoms with Gasteiger partial charge in [-0.1, -0.05) is 30.3 Å². The summed E-state index contributed by atoms with van der Waals surface area (Å²) in [4.78, 5) is 14.3. The number of carbonyl (C=O) groups excluding carboxylic acids is 1. The second-order valence-electron chi connectivity index (χ2n) is 5.03. The lowest BCUT2D eigenvalue weighted by Gasteiger charge is -2.20. The second kappa shape index (κ2) is 5.78. The predicted molar refractivity (Wildman–Crippen MR) is 77.8 cm³/mol. The molecule has 0 N–H and O–H groups in total. The van der Waals surface area contributed by atoms with E-state index in [2.05, 4.69) is 12.1 Å². The first kappa shape index (κ1) is 12.7. The first-order valence-corrected chi connectivity index (χ1v) is 6.89. The molecule has 1 saturated carbocycles. The van der Waals surface area contributed by atoms with Gasteiger partial charge in [0.05, 0.1) is 6.26 Å². The van der Waals surface area contributed by atoms with E-state index in [1.54, 1.807) is 18.4 Å². The van der Waals surface area contributed by atoms with Gasteiger partial charge in [-0.15, -0.1) is 0 Å². The lowest BCUT2D eigenvalue weighted by molar-refractivity contribution is -0.127. The minimum Gasteiger partial charge on any atom is -0.465 e. The van der Waals surface area contributed by atoms with Crippen LogP contribution >= 0.6 is 0 Å². The van der Waals surface area contributed by atoms with Crippen LogP contribution in [-0.2, 0) is 11.3 Å². The van der Waals surface area contributed by atoms with E-state index in [-0.39, 0.29) is 5.91 Å². The van der Waals surface area contributed by atoms with Crippen LogP contribution in [0.1, 0.15) is 24.2 Å². The Morgan fingerprint density at radius 3 is 2.65 bits per heavy atom. The van der Waals surface area contributed by atoms with Gasteiger partial charge in [0.15, 0.2) is 0 Å². The molecule has 1 aliphatic carbocycles. The molecule has 0 unspecified atom stereocenters. The third-order valence-corrected chi connectivity index (χ3v) is 3.40. The molecule has 3 heteroatoms. The van der Waals surface area contributed by atoms with Gasteiger partial charge in [-0.25, -0.2) is 0 Å². The Morgan fingerprint density at radius 2 is 2.00 bits per heavy atom. The Kier molecular flexibility index (Phi) is 3.68. The molecule has 1 aromatic heterocycles. The van der Waals surface area contributed by atoms with Crippen molar-refractivity contribution in [2.24, 2.45) is 0 Å². The number of benzene rings is 1. The lowest BCUT2D eigenvalue weighted by Crippen LogP contribution is -2.31. The molecule has 1 aliphatic rings. The highest BCUT2D eigenvalue weighted by Gasteiger charge is 2.31.